The van der Waals surface area contributed by atoms with Crippen LogP contribution in [0.15, 0.2) is 18.2 Å². The zero-order chi connectivity index (χ0) is 14.3. The fourth-order valence-corrected chi connectivity index (χ4v) is 1.96. The van der Waals surface area contributed by atoms with Gasteiger partial charge in [0.1, 0.15) is 0 Å². The average Bonchev–Trinajstić information content (AvgIpc) is 2.41. The minimum absolute atomic E-state index is 1.12. The van der Waals surface area contributed by atoms with Gasteiger partial charge in [-0.05, 0) is 50.5 Å². The van der Waals surface area contributed by atoms with E-state index in [1.165, 1.54) is 22.1 Å². The number of fused-ring (bicyclic) bond motifs is 1. The Morgan fingerprint density at radius 1 is 0.778 bits per heavy atom. The van der Waals surface area contributed by atoms with Crippen LogP contribution in [-0.2, 0) is 0 Å². The number of aromatic nitrogens is 1. The molecule has 18 heavy (non-hydrogen) atoms. The SMILES string of the molecule is CC.CC.Cc1nc2cccc(C)c2c(C)c1C. The molecule has 0 N–H and O–H groups in total. The highest BCUT2D eigenvalue weighted by molar-refractivity contribution is 5.86. The van der Waals surface area contributed by atoms with Gasteiger partial charge in [0.05, 0.1) is 5.52 Å². The van der Waals surface area contributed by atoms with Gasteiger partial charge in [0.15, 0.2) is 0 Å². The molecule has 2 aromatic rings. The maximum absolute atomic E-state index is 4.60. The Morgan fingerprint density at radius 3 is 1.89 bits per heavy atom. The third kappa shape index (κ3) is 3.32. The molecule has 0 atom stereocenters. The van der Waals surface area contributed by atoms with Gasteiger partial charge in [-0.3, -0.25) is 4.98 Å². The predicted octanol–water partition coefficient (Wildman–Crippen LogP) is 5.52. The fraction of sp³-hybridized carbons (Fsp3) is 0.471. The third-order valence-corrected chi connectivity index (χ3v) is 3.02. The van der Waals surface area contributed by atoms with Crippen LogP contribution in [0.5, 0.6) is 0 Å². The molecule has 2 rings (SSSR count). The van der Waals surface area contributed by atoms with Crippen molar-refractivity contribution in [3.8, 4) is 0 Å². The van der Waals surface area contributed by atoms with Crippen molar-refractivity contribution in [3.63, 3.8) is 0 Å². The van der Waals surface area contributed by atoms with Crippen molar-refractivity contribution in [3.05, 3.63) is 40.6 Å². The average molecular weight is 245 g/mol. The van der Waals surface area contributed by atoms with Crippen LogP contribution in [0, 0.1) is 27.7 Å². The summed E-state index contributed by atoms with van der Waals surface area (Å²) in [5, 5.41) is 1.32. The largest absolute Gasteiger partial charge is 0.253 e. The lowest BCUT2D eigenvalue weighted by Gasteiger charge is -2.10. The van der Waals surface area contributed by atoms with Crippen molar-refractivity contribution >= 4 is 10.9 Å². The Hall–Kier alpha value is -1.37. The van der Waals surface area contributed by atoms with Crippen molar-refractivity contribution in [2.75, 3.05) is 0 Å². The summed E-state index contributed by atoms with van der Waals surface area (Å²) in [4.78, 5) is 4.60. The molecule has 0 aliphatic rings. The Bertz CT molecular complexity index is 498. The highest BCUT2D eigenvalue weighted by Gasteiger charge is 2.06. The van der Waals surface area contributed by atoms with E-state index in [1.807, 2.05) is 27.7 Å². The van der Waals surface area contributed by atoms with E-state index in [2.05, 4.69) is 50.9 Å². The Morgan fingerprint density at radius 2 is 1.33 bits per heavy atom. The summed E-state index contributed by atoms with van der Waals surface area (Å²) in [6, 6.07) is 6.30. The second-order valence-electron chi connectivity index (χ2n) is 3.92. The monoisotopic (exact) mass is 245 g/mol. The Balaban J connectivity index is 0.000000659. The number of nitrogens with zero attached hydrogens (tertiary/aromatic N) is 1. The molecule has 0 saturated heterocycles. The summed E-state index contributed by atoms with van der Waals surface area (Å²) in [5.74, 6) is 0. The summed E-state index contributed by atoms with van der Waals surface area (Å²) in [5.41, 5.74) is 6.25. The number of hydrogen-bond donors (Lipinski definition) is 0. The number of hydrogen-bond acceptors (Lipinski definition) is 1. The van der Waals surface area contributed by atoms with Crippen molar-refractivity contribution in [2.45, 2.75) is 55.4 Å². The number of aryl methyl sites for hydroxylation is 3. The van der Waals surface area contributed by atoms with Crippen LogP contribution in [0.25, 0.3) is 10.9 Å². The van der Waals surface area contributed by atoms with Crippen molar-refractivity contribution < 1.29 is 0 Å². The molecule has 0 unspecified atom stereocenters. The van der Waals surface area contributed by atoms with Crippen LogP contribution in [-0.4, -0.2) is 4.98 Å². The standard InChI is InChI=1S/C13H15N.2C2H6/c1-8-6-5-7-12-13(8)10(3)9(2)11(4)14-12;2*1-2/h5-7H,1-4H3;2*1-2H3. The van der Waals surface area contributed by atoms with Crippen molar-refractivity contribution in [1.82, 2.24) is 4.98 Å². The molecule has 0 bridgehead atoms. The first kappa shape index (κ1) is 16.6. The first-order valence-corrected chi connectivity index (χ1v) is 6.94. The topological polar surface area (TPSA) is 12.9 Å². The Labute approximate surface area is 112 Å². The lowest BCUT2D eigenvalue weighted by atomic mass is 10.00. The molecular formula is C17H27N. The number of rotatable bonds is 0. The lowest BCUT2D eigenvalue weighted by Crippen LogP contribution is -1.94. The van der Waals surface area contributed by atoms with Gasteiger partial charge in [-0.25, -0.2) is 0 Å². The number of pyridine rings is 1. The minimum Gasteiger partial charge on any atom is -0.253 e. The van der Waals surface area contributed by atoms with Crippen LogP contribution in [0.2, 0.25) is 0 Å². The van der Waals surface area contributed by atoms with Crippen molar-refractivity contribution in [1.29, 1.82) is 0 Å². The molecule has 0 amide bonds. The summed E-state index contributed by atoms with van der Waals surface area (Å²) in [6.07, 6.45) is 0. The van der Waals surface area contributed by atoms with E-state index in [0.29, 0.717) is 0 Å². The maximum atomic E-state index is 4.60. The maximum Gasteiger partial charge on any atom is 0.0710 e. The van der Waals surface area contributed by atoms with E-state index >= 15 is 0 Å². The summed E-state index contributed by atoms with van der Waals surface area (Å²) >= 11 is 0. The van der Waals surface area contributed by atoms with E-state index in [-0.39, 0.29) is 0 Å². The summed E-state index contributed by atoms with van der Waals surface area (Å²) in [6.45, 7) is 16.5. The van der Waals surface area contributed by atoms with Gasteiger partial charge >= 0.3 is 0 Å². The zero-order valence-corrected chi connectivity index (χ0v) is 13.2. The van der Waals surface area contributed by atoms with E-state index < -0.39 is 0 Å². The zero-order valence-electron chi connectivity index (χ0n) is 13.2. The highest BCUT2D eigenvalue weighted by Crippen LogP contribution is 2.24. The molecule has 0 radical (unpaired) electrons. The van der Waals surface area contributed by atoms with E-state index in [0.717, 1.165) is 11.2 Å². The van der Waals surface area contributed by atoms with Gasteiger partial charge in [0, 0.05) is 11.1 Å². The normalized spacial score (nSPS) is 9.11. The van der Waals surface area contributed by atoms with Gasteiger partial charge in [-0.2, -0.15) is 0 Å². The predicted molar refractivity (Wildman–Crippen MR) is 83.4 cm³/mol. The first-order chi connectivity index (χ1) is 8.61. The van der Waals surface area contributed by atoms with Gasteiger partial charge in [-0.15, -0.1) is 0 Å². The molecule has 0 aliphatic heterocycles. The van der Waals surface area contributed by atoms with Crippen LogP contribution in [0.4, 0.5) is 0 Å². The molecule has 0 fully saturated rings. The van der Waals surface area contributed by atoms with Crippen LogP contribution in [0.1, 0.15) is 50.1 Å². The molecular weight excluding hydrogens is 218 g/mol. The van der Waals surface area contributed by atoms with E-state index in [9.17, 15) is 0 Å². The Kier molecular flexibility index (Phi) is 7.26. The summed E-state index contributed by atoms with van der Waals surface area (Å²) in [7, 11) is 0. The van der Waals surface area contributed by atoms with Gasteiger partial charge in [0.25, 0.3) is 0 Å². The molecule has 1 nitrogen and oxygen atoms in total. The molecule has 1 aromatic carbocycles. The molecule has 0 aliphatic carbocycles. The van der Waals surface area contributed by atoms with Crippen molar-refractivity contribution in [2.24, 2.45) is 0 Å². The smallest absolute Gasteiger partial charge is 0.0710 e. The van der Waals surface area contributed by atoms with Crippen LogP contribution >= 0.6 is 0 Å². The fourth-order valence-electron chi connectivity index (χ4n) is 1.96. The van der Waals surface area contributed by atoms with Gasteiger partial charge in [0.2, 0.25) is 0 Å². The van der Waals surface area contributed by atoms with Gasteiger partial charge in [-0.1, -0.05) is 39.8 Å². The lowest BCUT2D eigenvalue weighted by molar-refractivity contribution is 1.16. The van der Waals surface area contributed by atoms with E-state index in [1.54, 1.807) is 0 Å². The molecule has 1 heteroatoms. The van der Waals surface area contributed by atoms with Crippen LogP contribution in [0.3, 0.4) is 0 Å². The molecule has 0 saturated carbocycles. The molecule has 0 spiro atoms. The van der Waals surface area contributed by atoms with Crippen LogP contribution < -0.4 is 0 Å². The quantitative estimate of drug-likeness (QED) is 0.595. The third-order valence-electron chi connectivity index (χ3n) is 3.02. The van der Waals surface area contributed by atoms with E-state index in [4.69, 9.17) is 0 Å². The highest BCUT2D eigenvalue weighted by atomic mass is 14.7. The molecule has 1 heterocycles. The van der Waals surface area contributed by atoms with Gasteiger partial charge < -0.3 is 0 Å². The summed E-state index contributed by atoms with van der Waals surface area (Å²) < 4.78 is 0. The molecule has 1 aromatic heterocycles. The first-order valence-electron chi connectivity index (χ1n) is 6.94. The second kappa shape index (κ2) is 7.86. The second-order valence-corrected chi connectivity index (χ2v) is 3.92. The number of benzene rings is 1. The minimum atomic E-state index is 1.12. The molecule has 100 valence electrons.